The van der Waals surface area contributed by atoms with Gasteiger partial charge >= 0.3 is 0 Å². The van der Waals surface area contributed by atoms with Gasteiger partial charge in [-0.2, -0.15) is 0 Å². The predicted octanol–water partition coefficient (Wildman–Crippen LogP) is 4.76. The number of rotatable bonds is 3. The molecule has 0 unspecified atom stereocenters. The molecule has 0 amide bonds. The first-order valence-corrected chi connectivity index (χ1v) is 8.16. The van der Waals surface area contributed by atoms with Crippen LogP contribution in [0.1, 0.15) is 5.56 Å². The molecule has 2 aromatic rings. The van der Waals surface area contributed by atoms with Crippen molar-refractivity contribution in [3.05, 3.63) is 57.0 Å². The number of benzene rings is 2. The van der Waals surface area contributed by atoms with E-state index in [-0.39, 0.29) is 9.92 Å². The van der Waals surface area contributed by atoms with Crippen LogP contribution in [0.15, 0.2) is 41.3 Å². The molecule has 0 radical (unpaired) electrons. The van der Waals surface area contributed by atoms with Gasteiger partial charge in [0.2, 0.25) is 0 Å². The molecule has 0 saturated carbocycles. The smallest absolute Gasteiger partial charge is 0.263 e. The maximum absolute atomic E-state index is 12.3. The minimum Gasteiger partial charge on any atom is -0.279 e. The zero-order chi connectivity index (χ0) is 14.9. The average molecular weight is 351 g/mol. The van der Waals surface area contributed by atoms with Gasteiger partial charge < -0.3 is 0 Å². The minimum atomic E-state index is -3.80. The fourth-order valence-electron chi connectivity index (χ4n) is 1.61. The number of nitrogens with one attached hydrogen (secondary N) is 1. The molecule has 0 aliphatic rings. The van der Waals surface area contributed by atoms with Gasteiger partial charge in [0.15, 0.2) is 0 Å². The van der Waals surface area contributed by atoms with E-state index < -0.39 is 10.0 Å². The molecule has 7 heteroatoms. The highest BCUT2D eigenvalue weighted by molar-refractivity contribution is 7.92. The van der Waals surface area contributed by atoms with Gasteiger partial charge in [-0.05, 0) is 42.8 Å². The van der Waals surface area contributed by atoms with Crippen molar-refractivity contribution in [2.45, 2.75) is 11.8 Å². The number of halogens is 3. The molecular formula is C13H10Cl3NO2S. The molecule has 0 aliphatic heterocycles. The van der Waals surface area contributed by atoms with Crippen LogP contribution in [0.4, 0.5) is 5.69 Å². The molecule has 2 rings (SSSR count). The van der Waals surface area contributed by atoms with Gasteiger partial charge in [-0.15, -0.1) is 0 Å². The van der Waals surface area contributed by atoms with Crippen molar-refractivity contribution in [3.8, 4) is 0 Å². The first-order valence-electron chi connectivity index (χ1n) is 5.54. The number of anilines is 1. The van der Waals surface area contributed by atoms with Crippen molar-refractivity contribution >= 4 is 50.5 Å². The van der Waals surface area contributed by atoms with Crippen LogP contribution in [0, 0.1) is 6.92 Å². The Kier molecular flexibility index (Phi) is 4.49. The predicted molar refractivity (Wildman–Crippen MR) is 83.5 cm³/mol. The molecule has 0 bridgehead atoms. The SMILES string of the molecule is Cc1c(Cl)cccc1NS(=O)(=O)c1ccc(Cl)cc1Cl. The van der Waals surface area contributed by atoms with Crippen molar-refractivity contribution in [1.82, 2.24) is 0 Å². The van der Waals surface area contributed by atoms with Gasteiger partial charge in [-0.3, -0.25) is 4.72 Å². The van der Waals surface area contributed by atoms with Crippen molar-refractivity contribution in [1.29, 1.82) is 0 Å². The normalized spacial score (nSPS) is 11.4. The largest absolute Gasteiger partial charge is 0.279 e. The quantitative estimate of drug-likeness (QED) is 0.867. The summed E-state index contributed by atoms with van der Waals surface area (Å²) in [7, 11) is -3.80. The third-order valence-electron chi connectivity index (χ3n) is 2.70. The average Bonchev–Trinajstić information content (AvgIpc) is 2.34. The Bertz CT molecular complexity index is 760. The molecule has 106 valence electrons. The van der Waals surface area contributed by atoms with Crippen LogP contribution in [-0.2, 0) is 10.0 Å². The first kappa shape index (κ1) is 15.4. The zero-order valence-corrected chi connectivity index (χ0v) is 13.4. The van der Waals surface area contributed by atoms with Crippen molar-refractivity contribution in [2.75, 3.05) is 4.72 Å². The van der Waals surface area contributed by atoms with E-state index in [9.17, 15) is 8.42 Å². The van der Waals surface area contributed by atoms with Crippen molar-refractivity contribution in [2.24, 2.45) is 0 Å². The molecular weight excluding hydrogens is 341 g/mol. The monoisotopic (exact) mass is 349 g/mol. The molecule has 2 aromatic carbocycles. The molecule has 0 atom stereocenters. The lowest BCUT2D eigenvalue weighted by atomic mass is 10.2. The summed E-state index contributed by atoms with van der Waals surface area (Å²) >= 11 is 17.6. The summed E-state index contributed by atoms with van der Waals surface area (Å²) in [5, 5.41) is 0.907. The van der Waals surface area contributed by atoms with E-state index >= 15 is 0 Å². The summed E-state index contributed by atoms with van der Waals surface area (Å²) in [6, 6.07) is 9.17. The van der Waals surface area contributed by atoms with Crippen LogP contribution in [0.2, 0.25) is 15.1 Å². The lowest BCUT2D eigenvalue weighted by molar-refractivity contribution is 0.601. The second kappa shape index (κ2) is 5.82. The summed E-state index contributed by atoms with van der Waals surface area (Å²) in [6.45, 7) is 1.73. The van der Waals surface area contributed by atoms with E-state index in [2.05, 4.69) is 4.72 Å². The molecule has 1 N–H and O–H groups in total. The number of hydrogen-bond donors (Lipinski definition) is 1. The number of hydrogen-bond acceptors (Lipinski definition) is 2. The Morgan fingerprint density at radius 3 is 2.35 bits per heavy atom. The Balaban J connectivity index is 2.44. The highest BCUT2D eigenvalue weighted by atomic mass is 35.5. The second-order valence-electron chi connectivity index (χ2n) is 4.09. The van der Waals surface area contributed by atoms with Crippen LogP contribution in [0.25, 0.3) is 0 Å². The molecule has 0 aliphatic carbocycles. The van der Waals surface area contributed by atoms with E-state index in [1.807, 2.05) is 0 Å². The maximum atomic E-state index is 12.3. The van der Waals surface area contributed by atoms with Crippen LogP contribution in [-0.4, -0.2) is 8.42 Å². The van der Waals surface area contributed by atoms with Crippen molar-refractivity contribution in [3.63, 3.8) is 0 Å². The Labute approximate surface area is 132 Å². The highest BCUT2D eigenvalue weighted by Gasteiger charge is 2.19. The fraction of sp³-hybridized carbons (Fsp3) is 0.0769. The molecule has 3 nitrogen and oxygen atoms in total. The van der Waals surface area contributed by atoms with E-state index in [1.165, 1.54) is 18.2 Å². The second-order valence-corrected chi connectivity index (χ2v) is 6.99. The molecule has 0 spiro atoms. The topological polar surface area (TPSA) is 46.2 Å². The third-order valence-corrected chi connectivity index (χ3v) is 5.19. The van der Waals surface area contributed by atoms with Gasteiger partial charge in [0.05, 0.1) is 10.7 Å². The van der Waals surface area contributed by atoms with Crippen LogP contribution in [0.5, 0.6) is 0 Å². The summed E-state index contributed by atoms with van der Waals surface area (Å²) in [4.78, 5) is -0.0389. The molecule has 20 heavy (non-hydrogen) atoms. The van der Waals surface area contributed by atoms with Crippen LogP contribution < -0.4 is 4.72 Å². The maximum Gasteiger partial charge on any atom is 0.263 e. The Morgan fingerprint density at radius 1 is 1.00 bits per heavy atom. The van der Waals surface area contributed by atoms with E-state index in [0.29, 0.717) is 21.3 Å². The van der Waals surface area contributed by atoms with Gasteiger partial charge in [0.1, 0.15) is 4.90 Å². The fourth-order valence-corrected chi connectivity index (χ4v) is 3.68. The minimum absolute atomic E-state index is 0.0389. The van der Waals surface area contributed by atoms with Crippen LogP contribution >= 0.6 is 34.8 Å². The molecule has 0 fully saturated rings. The lowest BCUT2D eigenvalue weighted by Crippen LogP contribution is -2.14. The zero-order valence-electron chi connectivity index (χ0n) is 10.3. The molecule has 0 aromatic heterocycles. The molecule has 0 saturated heterocycles. The Morgan fingerprint density at radius 2 is 1.70 bits per heavy atom. The summed E-state index contributed by atoms with van der Waals surface area (Å²) in [6.07, 6.45) is 0. The summed E-state index contributed by atoms with van der Waals surface area (Å²) in [5.41, 5.74) is 1.05. The Hall–Kier alpha value is -0.940. The van der Waals surface area contributed by atoms with Crippen LogP contribution in [0.3, 0.4) is 0 Å². The van der Waals surface area contributed by atoms with Crippen molar-refractivity contribution < 1.29 is 8.42 Å². The standard InChI is InChI=1S/C13H10Cl3NO2S/c1-8-10(15)3-2-4-12(8)17-20(18,19)13-6-5-9(14)7-11(13)16/h2-7,17H,1H3. The van der Waals surface area contributed by atoms with E-state index in [4.69, 9.17) is 34.8 Å². The summed E-state index contributed by atoms with van der Waals surface area (Å²) in [5.74, 6) is 0. The van der Waals surface area contributed by atoms with Gasteiger partial charge in [-0.25, -0.2) is 8.42 Å². The lowest BCUT2D eigenvalue weighted by Gasteiger charge is -2.12. The summed E-state index contributed by atoms with van der Waals surface area (Å²) < 4.78 is 27.1. The van der Waals surface area contributed by atoms with Gasteiger partial charge in [0.25, 0.3) is 10.0 Å². The van der Waals surface area contributed by atoms with Gasteiger partial charge in [-0.1, -0.05) is 40.9 Å². The highest BCUT2D eigenvalue weighted by Crippen LogP contribution is 2.29. The van der Waals surface area contributed by atoms with E-state index in [1.54, 1.807) is 25.1 Å². The van der Waals surface area contributed by atoms with E-state index in [0.717, 1.165) is 0 Å². The third kappa shape index (κ3) is 3.20. The van der Waals surface area contributed by atoms with Gasteiger partial charge in [0, 0.05) is 10.0 Å². The first-order chi connectivity index (χ1) is 9.31. The number of sulfonamides is 1. The molecule has 0 heterocycles.